The summed E-state index contributed by atoms with van der Waals surface area (Å²) in [5, 5.41) is 0. The molecule has 1 aliphatic heterocycles. The lowest BCUT2D eigenvalue weighted by atomic mass is 9.50. The predicted molar refractivity (Wildman–Crippen MR) is 46.1 cm³/mol. The first-order chi connectivity index (χ1) is 6.20. The van der Waals surface area contributed by atoms with Crippen LogP contribution in [0.15, 0.2) is 0 Å². The van der Waals surface area contributed by atoms with Crippen molar-refractivity contribution in [1.82, 2.24) is 0 Å². The van der Waals surface area contributed by atoms with Crippen molar-refractivity contribution in [3.05, 3.63) is 0 Å². The second kappa shape index (κ2) is 1.81. The summed E-state index contributed by atoms with van der Waals surface area (Å²) >= 11 is 0. The molecule has 1 saturated heterocycles. The minimum absolute atomic E-state index is 0.187. The van der Waals surface area contributed by atoms with Gasteiger partial charge in [0, 0.05) is 0 Å². The Morgan fingerprint density at radius 3 is 2.15 bits per heavy atom. The highest BCUT2D eigenvalue weighted by Gasteiger charge is 2.68. The third kappa shape index (κ3) is 0.731. The van der Waals surface area contributed by atoms with Gasteiger partial charge < -0.3 is 4.74 Å². The molecule has 5 fully saturated rings. The lowest BCUT2D eigenvalue weighted by molar-refractivity contribution is -0.120. The smallest absolute Gasteiger partial charge is 0.112 e. The molecule has 3 unspecified atom stereocenters. The normalized spacial score (nSPS) is 67.6. The van der Waals surface area contributed by atoms with Crippen molar-refractivity contribution in [1.29, 1.82) is 0 Å². The standard InChI is InChI=1S/C11H15FO/c12-10-3-7-1-8(4-10)11(6-13-11)9(2-7)5-10/h7-9H,1-6H2/t7?,8-,9+,10?,11?. The minimum Gasteiger partial charge on any atom is -0.369 e. The maximum absolute atomic E-state index is 14.2. The Morgan fingerprint density at radius 2 is 1.69 bits per heavy atom. The number of hydrogen-bond acceptors (Lipinski definition) is 1. The van der Waals surface area contributed by atoms with E-state index < -0.39 is 5.67 Å². The highest BCUT2D eigenvalue weighted by molar-refractivity contribution is 5.17. The largest absolute Gasteiger partial charge is 0.369 e. The van der Waals surface area contributed by atoms with Crippen molar-refractivity contribution in [2.45, 2.75) is 43.4 Å². The van der Waals surface area contributed by atoms with E-state index in [1.165, 1.54) is 12.8 Å². The van der Waals surface area contributed by atoms with Gasteiger partial charge in [-0.2, -0.15) is 0 Å². The van der Waals surface area contributed by atoms with Gasteiger partial charge in [-0.3, -0.25) is 0 Å². The summed E-state index contributed by atoms with van der Waals surface area (Å²) in [5.41, 5.74) is -0.597. The van der Waals surface area contributed by atoms with Gasteiger partial charge in [0.15, 0.2) is 0 Å². The molecule has 0 N–H and O–H groups in total. The second-order valence-corrected chi connectivity index (χ2v) is 5.74. The van der Waals surface area contributed by atoms with Crippen LogP contribution in [0.2, 0.25) is 0 Å². The highest BCUT2D eigenvalue weighted by atomic mass is 19.1. The molecule has 13 heavy (non-hydrogen) atoms. The molecule has 2 heteroatoms. The van der Waals surface area contributed by atoms with Crippen LogP contribution in [-0.2, 0) is 4.74 Å². The summed E-state index contributed by atoms with van der Waals surface area (Å²) in [4.78, 5) is 0. The number of rotatable bonds is 0. The van der Waals surface area contributed by atoms with Gasteiger partial charge >= 0.3 is 0 Å². The van der Waals surface area contributed by atoms with E-state index in [2.05, 4.69) is 0 Å². The molecule has 4 bridgehead atoms. The molecule has 72 valence electrons. The molecule has 5 aliphatic rings. The summed E-state index contributed by atoms with van der Waals surface area (Å²) in [6.07, 6.45) is 4.97. The van der Waals surface area contributed by atoms with Gasteiger partial charge in [0.05, 0.1) is 12.2 Å². The lowest BCUT2D eigenvalue weighted by Gasteiger charge is -2.56. The molecule has 5 rings (SSSR count). The van der Waals surface area contributed by atoms with E-state index in [9.17, 15) is 4.39 Å². The molecule has 5 atom stereocenters. The maximum Gasteiger partial charge on any atom is 0.112 e. The Labute approximate surface area is 77.6 Å². The van der Waals surface area contributed by atoms with Crippen LogP contribution in [0, 0.1) is 17.8 Å². The zero-order valence-corrected chi connectivity index (χ0v) is 7.76. The van der Waals surface area contributed by atoms with Gasteiger partial charge in [0.2, 0.25) is 0 Å². The number of halogens is 1. The van der Waals surface area contributed by atoms with E-state index in [0.29, 0.717) is 17.8 Å². The number of hydrogen-bond donors (Lipinski definition) is 0. The van der Waals surface area contributed by atoms with Crippen LogP contribution in [0.1, 0.15) is 32.1 Å². The Balaban J connectivity index is 1.79. The predicted octanol–water partition coefficient (Wildman–Crippen LogP) is 2.30. The van der Waals surface area contributed by atoms with Crippen LogP contribution < -0.4 is 0 Å². The van der Waals surface area contributed by atoms with E-state index in [4.69, 9.17) is 4.74 Å². The Hall–Kier alpha value is -0.110. The fourth-order valence-corrected chi connectivity index (χ4v) is 4.52. The van der Waals surface area contributed by atoms with E-state index >= 15 is 0 Å². The highest BCUT2D eigenvalue weighted by Crippen LogP contribution is 2.66. The van der Waals surface area contributed by atoms with Crippen LogP contribution in [0.4, 0.5) is 4.39 Å². The Kier molecular flexibility index (Phi) is 1.01. The van der Waals surface area contributed by atoms with E-state index in [0.717, 1.165) is 25.9 Å². The molecular weight excluding hydrogens is 167 g/mol. The van der Waals surface area contributed by atoms with Gasteiger partial charge in [0.25, 0.3) is 0 Å². The molecule has 4 saturated carbocycles. The van der Waals surface area contributed by atoms with Crippen LogP contribution in [0.25, 0.3) is 0 Å². The zero-order valence-electron chi connectivity index (χ0n) is 7.76. The van der Waals surface area contributed by atoms with Crippen molar-refractivity contribution in [2.75, 3.05) is 6.61 Å². The molecule has 0 amide bonds. The topological polar surface area (TPSA) is 12.5 Å². The van der Waals surface area contributed by atoms with Gasteiger partial charge in [-0.15, -0.1) is 0 Å². The quantitative estimate of drug-likeness (QED) is 0.524. The van der Waals surface area contributed by atoms with Crippen molar-refractivity contribution in [2.24, 2.45) is 17.8 Å². The van der Waals surface area contributed by atoms with Crippen LogP contribution in [0.5, 0.6) is 0 Å². The molecule has 0 aromatic rings. The van der Waals surface area contributed by atoms with Gasteiger partial charge in [0.1, 0.15) is 5.67 Å². The van der Waals surface area contributed by atoms with Crippen molar-refractivity contribution < 1.29 is 9.13 Å². The average Bonchev–Trinajstić information content (AvgIpc) is 2.77. The molecule has 0 aromatic carbocycles. The molecular formula is C11H15FO. The molecule has 1 nitrogen and oxygen atoms in total. The monoisotopic (exact) mass is 182 g/mol. The van der Waals surface area contributed by atoms with Gasteiger partial charge in [-0.1, -0.05) is 0 Å². The number of epoxide rings is 1. The van der Waals surface area contributed by atoms with Gasteiger partial charge in [-0.25, -0.2) is 4.39 Å². The summed E-state index contributed by atoms with van der Waals surface area (Å²) in [5.74, 6) is 1.84. The third-order valence-electron chi connectivity index (χ3n) is 4.97. The zero-order chi connectivity index (χ0) is 8.68. The molecule has 0 radical (unpaired) electrons. The van der Waals surface area contributed by atoms with E-state index in [1.54, 1.807) is 0 Å². The summed E-state index contributed by atoms with van der Waals surface area (Å²) in [7, 11) is 0. The number of alkyl halides is 1. The first-order valence-corrected chi connectivity index (χ1v) is 5.53. The van der Waals surface area contributed by atoms with Crippen LogP contribution in [0.3, 0.4) is 0 Å². The van der Waals surface area contributed by atoms with Crippen molar-refractivity contribution in [3.63, 3.8) is 0 Å². The first kappa shape index (κ1) is 7.22. The SMILES string of the molecule is FC12CC3C[C@H](C1)C1(CO1)[C@@H](C3)C2. The molecule has 0 aromatic heterocycles. The summed E-state index contributed by atoms with van der Waals surface area (Å²) < 4.78 is 19.9. The van der Waals surface area contributed by atoms with Crippen LogP contribution in [-0.4, -0.2) is 17.9 Å². The third-order valence-corrected chi connectivity index (χ3v) is 4.97. The Morgan fingerprint density at radius 1 is 1.08 bits per heavy atom. The van der Waals surface area contributed by atoms with Crippen LogP contribution >= 0.6 is 0 Å². The second-order valence-electron chi connectivity index (χ2n) is 5.74. The lowest BCUT2D eigenvalue weighted by Crippen LogP contribution is -2.56. The molecule has 1 heterocycles. The Bertz CT molecular complexity index is 253. The van der Waals surface area contributed by atoms with Crippen molar-refractivity contribution in [3.8, 4) is 0 Å². The van der Waals surface area contributed by atoms with Gasteiger partial charge in [-0.05, 0) is 49.9 Å². The molecule has 4 aliphatic carbocycles. The first-order valence-electron chi connectivity index (χ1n) is 5.53. The summed E-state index contributed by atoms with van der Waals surface area (Å²) in [6, 6.07) is 0. The number of ether oxygens (including phenoxy) is 1. The fourth-order valence-electron chi connectivity index (χ4n) is 4.52. The fraction of sp³-hybridized carbons (Fsp3) is 1.00. The van der Waals surface area contributed by atoms with E-state index in [-0.39, 0.29) is 5.60 Å². The maximum atomic E-state index is 14.2. The minimum atomic E-state index is -0.784. The molecule has 1 spiro atoms. The summed E-state index contributed by atoms with van der Waals surface area (Å²) in [6.45, 7) is 0.936. The van der Waals surface area contributed by atoms with Crippen molar-refractivity contribution >= 4 is 0 Å². The van der Waals surface area contributed by atoms with E-state index in [1.807, 2.05) is 0 Å². The average molecular weight is 182 g/mol.